The number of hydrogen-bond donors (Lipinski definition) is 2. The summed E-state index contributed by atoms with van der Waals surface area (Å²) >= 11 is 0. The number of carboxylic acid groups (broad SMARTS) is 1. The van der Waals surface area contributed by atoms with Crippen LogP contribution in [0.2, 0.25) is 0 Å². The van der Waals surface area contributed by atoms with Gasteiger partial charge in [-0.1, -0.05) is 44.2 Å². The Labute approximate surface area is 131 Å². The second kappa shape index (κ2) is 9.20. The molecule has 1 rings (SSSR count). The number of rotatable bonds is 9. The monoisotopic (exact) mass is 307 g/mol. The van der Waals surface area contributed by atoms with Gasteiger partial charge in [0.05, 0.1) is 19.1 Å². The number of carboxylic acids is 1. The first kappa shape index (κ1) is 18.2. The zero-order valence-electron chi connectivity index (χ0n) is 13.4. The molecule has 0 radical (unpaired) electrons. The van der Waals surface area contributed by atoms with Crippen LogP contribution in [-0.2, 0) is 14.3 Å². The van der Waals surface area contributed by atoms with Crippen LogP contribution in [0.25, 0.3) is 0 Å². The fourth-order valence-electron chi connectivity index (χ4n) is 2.25. The Bertz CT molecular complexity index is 473. The molecule has 1 aromatic rings. The number of amides is 1. The van der Waals surface area contributed by atoms with E-state index in [1.54, 1.807) is 30.3 Å². The van der Waals surface area contributed by atoms with Crippen molar-refractivity contribution in [1.29, 1.82) is 0 Å². The number of carbonyl (C=O) groups excluding carboxylic acids is 1. The van der Waals surface area contributed by atoms with Crippen molar-refractivity contribution in [2.45, 2.75) is 45.8 Å². The second-order valence-corrected chi connectivity index (χ2v) is 5.81. The van der Waals surface area contributed by atoms with E-state index in [4.69, 9.17) is 4.74 Å². The van der Waals surface area contributed by atoms with E-state index in [-0.39, 0.29) is 18.4 Å². The molecule has 1 aromatic carbocycles. The molecule has 0 saturated carbocycles. The van der Waals surface area contributed by atoms with Gasteiger partial charge in [0.1, 0.15) is 0 Å². The van der Waals surface area contributed by atoms with Crippen LogP contribution in [-0.4, -0.2) is 29.7 Å². The number of nitrogens with one attached hydrogen (secondary N) is 1. The quantitative estimate of drug-likeness (QED) is 0.735. The minimum atomic E-state index is -1.08. The maximum absolute atomic E-state index is 11.9. The summed E-state index contributed by atoms with van der Waals surface area (Å²) in [5.41, 5.74) is 0.553. The third-order valence-corrected chi connectivity index (χ3v) is 3.22. The molecule has 1 amide bonds. The van der Waals surface area contributed by atoms with E-state index in [9.17, 15) is 14.7 Å². The summed E-state index contributed by atoms with van der Waals surface area (Å²) in [6.45, 7) is 6.50. The summed E-state index contributed by atoms with van der Waals surface area (Å²) in [4.78, 5) is 23.2. The molecule has 122 valence electrons. The summed E-state index contributed by atoms with van der Waals surface area (Å²) in [6, 6.07) is 7.62. The highest BCUT2D eigenvalue weighted by molar-refractivity contribution is 5.84. The summed E-state index contributed by atoms with van der Waals surface area (Å²) in [5, 5.41) is 11.8. The van der Waals surface area contributed by atoms with E-state index in [1.165, 1.54) is 0 Å². The van der Waals surface area contributed by atoms with Crippen LogP contribution >= 0.6 is 0 Å². The van der Waals surface area contributed by atoms with Crippen molar-refractivity contribution in [2.75, 3.05) is 6.61 Å². The van der Waals surface area contributed by atoms with E-state index in [0.717, 1.165) is 6.42 Å². The van der Waals surface area contributed by atoms with E-state index in [1.807, 2.05) is 6.92 Å². The summed E-state index contributed by atoms with van der Waals surface area (Å²) in [7, 11) is 0. The zero-order valence-corrected chi connectivity index (χ0v) is 13.4. The van der Waals surface area contributed by atoms with Crippen molar-refractivity contribution in [3.63, 3.8) is 0 Å². The molecular weight excluding hydrogens is 282 g/mol. The van der Waals surface area contributed by atoms with Gasteiger partial charge in [0, 0.05) is 0 Å². The van der Waals surface area contributed by atoms with Crippen LogP contribution in [0.4, 0.5) is 0 Å². The molecule has 0 bridgehead atoms. The Balaban J connectivity index is 2.43. The highest BCUT2D eigenvalue weighted by Crippen LogP contribution is 2.13. The third-order valence-electron chi connectivity index (χ3n) is 3.22. The first-order chi connectivity index (χ1) is 10.4. The van der Waals surface area contributed by atoms with Crippen molar-refractivity contribution in [3.8, 4) is 0 Å². The molecule has 2 N–H and O–H groups in total. The van der Waals surface area contributed by atoms with Gasteiger partial charge in [-0.25, -0.2) is 4.79 Å². The number of aliphatic carboxylic acids is 1. The third kappa shape index (κ3) is 6.72. The molecule has 5 heteroatoms. The molecule has 0 saturated heterocycles. The average molecular weight is 307 g/mol. The van der Waals surface area contributed by atoms with Crippen LogP contribution in [0.15, 0.2) is 30.3 Å². The van der Waals surface area contributed by atoms with Crippen LogP contribution in [0, 0.1) is 5.92 Å². The average Bonchev–Trinajstić information content (AvgIpc) is 2.44. The first-order valence-corrected chi connectivity index (χ1v) is 7.59. The lowest BCUT2D eigenvalue weighted by atomic mass is 10.1. The smallest absolute Gasteiger partial charge is 0.330 e. The SMILES string of the molecule is CC(C)CC(C)OCCC(=O)NC(C(=O)O)c1ccccc1. The normalized spacial score (nSPS) is 13.6. The molecule has 0 aliphatic heterocycles. The maximum Gasteiger partial charge on any atom is 0.330 e. The van der Waals surface area contributed by atoms with Gasteiger partial charge in [0.25, 0.3) is 0 Å². The van der Waals surface area contributed by atoms with E-state index >= 15 is 0 Å². The van der Waals surface area contributed by atoms with Gasteiger partial charge >= 0.3 is 5.97 Å². The van der Waals surface area contributed by atoms with Gasteiger partial charge in [0.15, 0.2) is 6.04 Å². The lowest BCUT2D eigenvalue weighted by Crippen LogP contribution is -2.34. The molecule has 0 aliphatic carbocycles. The van der Waals surface area contributed by atoms with E-state index < -0.39 is 12.0 Å². The van der Waals surface area contributed by atoms with Gasteiger partial charge in [-0.15, -0.1) is 0 Å². The molecule has 0 fully saturated rings. The molecule has 0 spiro atoms. The van der Waals surface area contributed by atoms with Crippen LogP contribution in [0.3, 0.4) is 0 Å². The molecule has 22 heavy (non-hydrogen) atoms. The van der Waals surface area contributed by atoms with Crippen molar-refractivity contribution in [1.82, 2.24) is 5.32 Å². The van der Waals surface area contributed by atoms with Crippen molar-refractivity contribution < 1.29 is 19.4 Å². The van der Waals surface area contributed by atoms with Crippen LogP contribution < -0.4 is 5.32 Å². The van der Waals surface area contributed by atoms with E-state index in [2.05, 4.69) is 19.2 Å². The Morgan fingerprint density at radius 1 is 1.18 bits per heavy atom. The lowest BCUT2D eigenvalue weighted by Gasteiger charge is -2.17. The minimum Gasteiger partial charge on any atom is -0.479 e. The van der Waals surface area contributed by atoms with E-state index in [0.29, 0.717) is 18.1 Å². The summed E-state index contributed by atoms with van der Waals surface area (Å²) in [6.07, 6.45) is 1.18. The van der Waals surface area contributed by atoms with Crippen molar-refractivity contribution >= 4 is 11.9 Å². The molecular formula is C17H25NO4. The minimum absolute atomic E-state index is 0.0946. The van der Waals surface area contributed by atoms with Gasteiger partial charge in [-0.2, -0.15) is 0 Å². The predicted octanol–water partition coefficient (Wildman–Crippen LogP) is 2.77. The molecule has 5 nitrogen and oxygen atoms in total. The van der Waals surface area contributed by atoms with Crippen LogP contribution in [0.5, 0.6) is 0 Å². The van der Waals surface area contributed by atoms with Gasteiger partial charge in [-0.05, 0) is 24.8 Å². The Hall–Kier alpha value is -1.88. The summed E-state index contributed by atoms with van der Waals surface area (Å²) in [5.74, 6) is -0.861. The molecule has 2 atom stereocenters. The molecule has 0 aliphatic rings. The number of benzene rings is 1. The maximum atomic E-state index is 11.9. The highest BCUT2D eigenvalue weighted by atomic mass is 16.5. The molecule has 0 aromatic heterocycles. The second-order valence-electron chi connectivity index (χ2n) is 5.81. The zero-order chi connectivity index (χ0) is 16.5. The topological polar surface area (TPSA) is 75.6 Å². The van der Waals surface area contributed by atoms with Gasteiger partial charge in [0.2, 0.25) is 5.91 Å². The summed E-state index contributed by atoms with van der Waals surface area (Å²) < 4.78 is 5.56. The first-order valence-electron chi connectivity index (χ1n) is 7.59. The number of hydrogen-bond acceptors (Lipinski definition) is 3. The molecule has 2 unspecified atom stereocenters. The Morgan fingerprint density at radius 3 is 2.36 bits per heavy atom. The van der Waals surface area contributed by atoms with Gasteiger partial charge in [-0.3, -0.25) is 4.79 Å². The van der Waals surface area contributed by atoms with Crippen molar-refractivity contribution in [3.05, 3.63) is 35.9 Å². The largest absolute Gasteiger partial charge is 0.479 e. The highest BCUT2D eigenvalue weighted by Gasteiger charge is 2.21. The lowest BCUT2D eigenvalue weighted by molar-refractivity contribution is -0.142. The molecule has 0 heterocycles. The standard InChI is InChI=1S/C17H25NO4/c1-12(2)11-13(3)22-10-9-15(19)18-16(17(20)21)14-7-5-4-6-8-14/h4-8,12-13,16H,9-11H2,1-3H3,(H,18,19)(H,20,21). The number of carbonyl (C=O) groups is 2. The van der Waals surface area contributed by atoms with Crippen molar-refractivity contribution in [2.24, 2.45) is 5.92 Å². The van der Waals surface area contributed by atoms with Gasteiger partial charge < -0.3 is 15.2 Å². The number of ether oxygens (including phenoxy) is 1. The Kier molecular flexibility index (Phi) is 7.60. The fraction of sp³-hybridized carbons (Fsp3) is 0.529. The predicted molar refractivity (Wildman–Crippen MR) is 84.4 cm³/mol. The Morgan fingerprint density at radius 2 is 1.82 bits per heavy atom. The fourth-order valence-corrected chi connectivity index (χ4v) is 2.25. The van der Waals surface area contributed by atoms with Crippen LogP contribution in [0.1, 0.15) is 45.2 Å².